The number of nitrogens with one attached hydrogen (secondary N) is 1. The van der Waals surface area contributed by atoms with E-state index in [1.54, 1.807) is 6.07 Å². The van der Waals surface area contributed by atoms with Gasteiger partial charge in [-0.05, 0) is 12.1 Å². The van der Waals surface area contributed by atoms with Crippen LogP contribution in [0.2, 0.25) is 0 Å². The summed E-state index contributed by atoms with van der Waals surface area (Å²) in [4.78, 5) is 12.1. The number of allylic oxidation sites excluding steroid dienone is 1. The summed E-state index contributed by atoms with van der Waals surface area (Å²) in [6.07, 6.45) is 4.90. The van der Waals surface area contributed by atoms with Gasteiger partial charge in [0.2, 0.25) is 5.82 Å². The van der Waals surface area contributed by atoms with Crippen molar-refractivity contribution in [2.45, 2.75) is 0 Å². The molecule has 0 aromatic carbocycles. The van der Waals surface area contributed by atoms with Gasteiger partial charge in [-0.15, -0.1) is 0 Å². The number of rotatable bonds is 3. The van der Waals surface area contributed by atoms with Crippen molar-refractivity contribution in [1.82, 2.24) is 20.2 Å². The predicted octanol–water partition coefficient (Wildman–Crippen LogP) is 1.37. The molecule has 0 radical (unpaired) electrons. The van der Waals surface area contributed by atoms with Gasteiger partial charge in [-0.2, -0.15) is 14.5 Å². The molecule has 2 aromatic heterocycles. The van der Waals surface area contributed by atoms with E-state index in [9.17, 15) is 4.39 Å². The molecular weight excluding hydrogens is 249 g/mol. The Morgan fingerprint density at radius 1 is 1.42 bits per heavy atom. The molecule has 1 aliphatic heterocycles. The molecule has 6 nitrogen and oxygen atoms in total. The maximum atomic E-state index is 13.2. The quantitative estimate of drug-likeness (QED) is 0.903. The fraction of sp³-hybridized carbons (Fsp3) is 0.167. The fourth-order valence-corrected chi connectivity index (χ4v) is 1.73. The van der Waals surface area contributed by atoms with Crippen molar-refractivity contribution >= 4 is 5.71 Å². The molecule has 0 amide bonds. The highest BCUT2D eigenvalue weighted by molar-refractivity contribution is 6.08. The fourth-order valence-electron chi connectivity index (χ4n) is 1.73. The van der Waals surface area contributed by atoms with Gasteiger partial charge in [-0.25, -0.2) is 4.98 Å². The van der Waals surface area contributed by atoms with Crippen LogP contribution in [0.25, 0.3) is 11.5 Å². The second kappa shape index (κ2) is 4.60. The van der Waals surface area contributed by atoms with Gasteiger partial charge in [0.1, 0.15) is 11.4 Å². The number of hydrogen-bond donors (Lipinski definition) is 1. The van der Waals surface area contributed by atoms with Crippen molar-refractivity contribution in [2.24, 2.45) is 4.99 Å². The van der Waals surface area contributed by atoms with Gasteiger partial charge in [-0.3, -0.25) is 10.1 Å². The SMILES string of the molecule is COc1nc(-c2cc(C3=NCC=C3)n[nH]2)ncc1F. The lowest BCUT2D eigenvalue weighted by molar-refractivity contribution is 0.367. The Morgan fingerprint density at radius 3 is 3.05 bits per heavy atom. The summed E-state index contributed by atoms with van der Waals surface area (Å²) < 4.78 is 18.1. The topological polar surface area (TPSA) is 76.1 Å². The van der Waals surface area contributed by atoms with Crippen LogP contribution in [0.1, 0.15) is 5.69 Å². The minimum atomic E-state index is -0.603. The Bertz CT molecular complexity index is 677. The smallest absolute Gasteiger partial charge is 0.253 e. The number of ether oxygens (including phenoxy) is 1. The third kappa shape index (κ3) is 2.10. The van der Waals surface area contributed by atoms with Crippen LogP contribution in [-0.4, -0.2) is 39.5 Å². The molecule has 0 saturated heterocycles. The number of hydrogen-bond acceptors (Lipinski definition) is 5. The van der Waals surface area contributed by atoms with E-state index >= 15 is 0 Å². The molecule has 0 fully saturated rings. The van der Waals surface area contributed by atoms with E-state index in [2.05, 4.69) is 25.2 Å². The molecule has 0 atom stereocenters. The van der Waals surface area contributed by atoms with Crippen LogP contribution in [-0.2, 0) is 0 Å². The van der Waals surface area contributed by atoms with Crippen LogP contribution in [0.4, 0.5) is 4.39 Å². The van der Waals surface area contributed by atoms with E-state index in [-0.39, 0.29) is 5.88 Å². The first-order valence-corrected chi connectivity index (χ1v) is 5.61. The molecule has 96 valence electrons. The molecule has 0 saturated carbocycles. The maximum absolute atomic E-state index is 13.2. The van der Waals surface area contributed by atoms with Gasteiger partial charge in [0, 0.05) is 0 Å². The largest absolute Gasteiger partial charge is 0.479 e. The van der Waals surface area contributed by atoms with E-state index in [1.165, 1.54) is 7.11 Å². The molecule has 3 rings (SSSR count). The van der Waals surface area contributed by atoms with Crippen molar-refractivity contribution < 1.29 is 9.13 Å². The minimum Gasteiger partial charge on any atom is -0.479 e. The molecule has 7 heteroatoms. The summed E-state index contributed by atoms with van der Waals surface area (Å²) in [6.45, 7) is 0.665. The van der Waals surface area contributed by atoms with Crippen LogP contribution in [0.3, 0.4) is 0 Å². The normalized spacial score (nSPS) is 13.7. The van der Waals surface area contributed by atoms with Crippen molar-refractivity contribution in [1.29, 1.82) is 0 Å². The zero-order valence-corrected chi connectivity index (χ0v) is 10.1. The summed E-state index contributed by atoms with van der Waals surface area (Å²) in [5.41, 5.74) is 2.09. The number of H-pyrrole nitrogens is 1. The van der Waals surface area contributed by atoms with Crippen molar-refractivity contribution in [3.8, 4) is 17.4 Å². The molecule has 19 heavy (non-hydrogen) atoms. The Hall–Kier alpha value is -2.57. The van der Waals surface area contributed by atoms with E-state index in [1.807, 2.05) is 12.2 Å². The highest BCUT2D eigenvalue weighted by Gasteiger charge is 2.13. The van der Waals surface area contributed by atoms with Gasteiger partial charge in [0.05, 0.1) is 25.6 Å². The molecular formula is C12H10FN5O. The molecule has 0 spiro atoms. The number of nitrogens with zero attached hydrogens (tertiary/aromatic N) is 4. The monoisotopic (exact) mass is 259 g/mol. The highest BCUT2D eigenvalue weighted by Crippen LogP contribution is 2.19. The Labute approximate surface area is 108 Å². The first-order valence-electron chi connectivity index (χ1n) is 5.61. The average Bonchev–Trinajstić information content (AvgIpc) is 3.10. The van der Waals surface area contributed by atoms with Crippen LogP contribution in [0.5, 0.6) is 5.88 Å². The van der Waals surface area contributed by atoms with E-state index < -0.39 is 5.82 Å². The molecule has 0 unspecified atom stereocenters. The molecule has 1 aliphatic rings. The van der Waals surface area contributed by atoms with Gasteiger partial charge in [0.25, 0.3) is 5.88 Å². The molecule has 0 bridgehead atoms. The Morgan fingerprint density at radius 2 is 2.32 bits per heavy atom. The summed E-state index contributed by atoms with van der Waals surface area (Å²) in [6, 6.07) is 1.77. The molecule has 2 aromatic rings. The average molecular weight is 259 g/mol. The van der Waals surface area contributed by atoms with Crippen LogP contribution >= 0.6 is 0 Å². The lowest BCUT2D eigenvalue weighted by Gasteiger charge is -2.01. The van der Waals surface area contributed by atoms with E-state index in [0.29, 0.717) is 23.8 Å². The van der Waals surface area contributed by atoms with E-state index in [0.717, 1.165) is 11.9 Å². The molecule has 0 aliphatic carbocycles. The van der Waals surface area contributed by atoms with Crippen LogP contribution in [0.15, 0.2) is 29.4 Å². The Balaban J connectivity index is 1.96. The van der Waals surface area contributed by atoms with Gasteiger partial charge >= 0.3 is 0 Å². The van der Waals surface area contributed by atoms with Crippen molar-refractivity contribution in [3.63, 3.8) is 0 Å². The zero-order chi connectivity index (χ0) is 13.2. The third-order valence-electron chi connectivity index (χ3n) is 2.63. The van der Waals surface area contributed by atoms with E-state index in [4.69, 9.17) is 4.74 Å². The number of aromatic amines is 1. The number of halogens is 1. The lowest BCUT2D eigenvalue weighted by atomic mass is 10.2. The number of methoxy groups -OCH3 is 1. The summed E-state index contributed by atoms with van der Waals surface area (Å²) in [7, 11) is 1.35. The second-order valence-electron chi connectivity index (χ2n) is 3.85. The zero-order valence-electron chi connectivity index (χ0n) is 10.1. The summed E-state index contributed by atoms with van der Waals surface area (Å²) >= 11 is 0. The van der Waals surface area contributed by atoms with Gasteiger partial charge in [-0.1, -0.05) is 6.08 Å². The molecule has 1 N–H and O–H groups in total. The Kier molecular flexibility index (Phi) is 2.79. The lowest BCUT2D eigenvalue weighted by Crippen LogP contribution is -1.97. The minimum absolute atomic E-state index is 0.0979. The predicted molar refractivity (Wildman–Crippen MR) is 66.7 cm³/mol. The first kappa shape index (κ1) is 11.5. The third-order valence-corrected chi connectivity index (χ3v) is 2.63. The number of aliphatic imine (C=N–C) groups is 1. The van der Waals surface area contributed by atoms with Crippen LogP contribution < -0.4 is 4.74 Å². The summed E-state index contributed by atoms with van der Waals surface area (Å²) in [5, 5.41) is 6.93. The van der Waals surface area contributed by atoms with Gasteiger partial charge < -0.3 is 4.74 Å². The second-order valence-corrected chi connectivity index (χ2v) is 3.85. The van der Waals surface area contributed by atoms with Crippen molar-refractivity contribution in [3.05, 3.63) is 35.9 Å². The summed E-state index contributed by atoms with van der Waals surface area (Å²) in [5.74, 6) is -0.382. The van der Waals surface area contributed by atoms with Crippen molar-refractivity contribution in [2.75, 3.05) is 13.7 Å². The maximum Gasteiger partial charge on any atom is 0.253 e. The molecule has 3 heterocycles. The number of aromatic nitrogens is 4. The highest BCUT2D eigenvalue weighted by atomic mass is 19.1. The van der Waals surface area contributed by atoms with Gasteiger partial charge in [0.15, 0.2) is 5.82 Å². The first-order chi connectivity index (χ1) is 9.28. The van der Waals surface area contributed by atoms with Crippen LogP contribution in [0, 0.1) is 5.82 Å². The standard InChI is InChI=1S/C12H10FN5O/c1-19-12-7(13)6-15-11(16-12)10-5-9(17-18-10)8-3-2-4-14-8/h2-3,5-6H,4H2,1H3,(H,17,18).